The number of rotatable bonds is 9. The van der Waals surface area contributed by atoms with E-state index in [0.29, 0.717) is 19.3 Å². The molecule has 3 N–H and O–H groups in total. The molecule has 0 fully saturated rings. The third-order valence-electron chi connectivity index (χ3n) is 3.11. The zero-order valence-corrected chi connectivity index (χ0v) is 15.0. The summed E-state index contributed by atoms with van der Waals surface area (Å²) in [5.41, 5.74) is 1.90. The quantitative estimate of drug-likeness (QED) is 0.647. The highest BCUT2D eigenvalue weighted by Crippen LogP contribution is 2.15. The van der Waals surface area contributed by atoms with Crippen molar-refractivity contribution in [1.29, 1.82) is 0 Å². The van der Waals surface area contributed by atoms with E-state index in [-0.39, 0.29) is 30.3 Å². The van der Waals surface area contributed by atoms with Gasteiger partial charge in [-0.15, -0.1) is 12.4 Å². The lowest BCUT2D eigenvalue weighted by molar-refractivity contribution is -0.121. The number of hydrogen-bond donors (Lipinski definition) is 3. The Bertz CT molecular complexity index is 492. The molecule has 2 amide bonds. The second kappa shape index (κ2) is 11.9. The summed E-state index contributed by atoms with van der Waals surface area (Å²) in [4.78, 5) is 23.5. The van der Waals surface area contributed by atoms with Gasteiger partial charge in [0, 0.05) is 31.1 Å². The standard InChI is InChI=1S/C17H27N3O2.ClH/c1-4-18-12-14-8-5-6-9-15(14)20-17(22)11-7-10-16(21)19-13(2)3;/h5-6,8-9,13,18H,4,7,10-12H2,1-3H3,(H,19,21)(H,20,22);1H. The van der Waals surface area contributed by atoms with E-state index < -0.39 is 0 Å². The van der Waals surface area contributed by atoms with Gasteiger partial charge in [0.2, 0.25) is 11.8 Å². The van der Waals surface area contributed by atoms with Crippen LogP contribution in [0.25, 0.3) is 0 Å². The first-order valence-electron chi connectivity index (χ1n) is 7.90. The van der Waals surface area contributed by atoms with Crippen LogP contribution in [0.5, 0.6) is 0 Å². The highest BCUT2D eigenvalue weighted by Gasteiger charge is 2.08. The van der Waals surface area contributed by atoms with Crippen molar-refractivity contribution < 1.29 is 9.59 Å². The zero-order chi connectivity index (χ0) is 16.4. The number of hydrogen-bond acceptors (Lipinski definition) is 3. The van der Waals surface area contributed by atoms with Crippen LogP contribution in [0.2, 0.25) is 0 Å². The number of halogens is 1. The molecular formula is C17H28ClN3O2. The molecule has 5 nitrogen and oxygen atoms in total. The van der Waals surface area contributed by atoms with Crippen LogP contribution >= 0.6 is 12.4 Å². The summed E-state index contributed by atoms with van der Waals surface area (Å²) in [6.07, 6.45) is 1.28. The van der Waals surface area contributed by atoms with Gasteiger partial charge in [-0.1, -0.05) is 25.1 Å². The molecule has 0 aromatic heterocycles. The van der Waals surface area contributed by atoms with E-state index in [9.17, 15) is 9.59 Å². The molecule has 0 aliphatic carbocycles. The van der Waals surface area contributed by atoms with Crippen LogP contribution in [0, 0.1) is 0 Å². The predicted octanol–water partition coefficient (Wildman–Crippen LogP) is 2.85. The van der Waals surface area contributed by atoms with Crippen molar-refractivity contribution in [3.8, 4) is 0 Å². The maximum Gasteiger partial charge on any atom is 0.224 e. The van der Waals surface area contributed by atoms with Crippen LogP contribution in [0.1, 0.15) is 45.6 Å². The third kappa shape index (κ3) is 9.21. The normalized spacial score (nSPS) is 10.1. The predicted molar refractivity (Wildman–Crippen MR) is 96.8 cm³/mol. The van der Waals surface area contributed by atoms with Crippen molar-refractivity contribution in [2.75, 3.05) is 11.9 Å². The topological polar surface area (TPSA) is 70.2 Å². The highest BCUT2D eigenvalue weighted by atomic mass is 35.5. The van der Waals surface area contributed by atoms with Crippen molar-refractivity contribution in [3.63, 3.8) is 0 Å². The van der Waals surface area contributed by atoms with Gasteiger partial charge in [0.05, 0.1) is 0 Å². The summed E-state index contributed by atoms with van der Waals surface area (Å²) in [6.45, 7) is 7.50. The van der Waals surface area contributed by atoms with Gasteiger partial charge < -0.3 is 16.0 Å². The minimum absolute atomic E-state index is 0. The minimum atomic E-state index is -0.0544. The highest BCUT2D eigenvalue weighted by molar-refractivity contribution is 5.91. The van der Waals surface area contributed by atoms with Gasteiger partial charge in [-0.3, -0.25) is 9.59 Å². The second-order valence-corrected chi connectivity index (χ2v) is 5.56. The average Bonchev–Trinajstić information content (AvgIpc) is 2.45. The SMILES string of the molecule is CCNCc1ccccc1NC(=O)CCCC(=O)NC(C)C.Cl. The van der Waals surface area contributed by atoms with Crippen LogP contribution in [-0.4, -0.2) is 24.4 Å². The van der Waals surface area contributed by atoms with E-state index in [1.54, 1.807) is 0 Å². The molecular weight excluding hydrogens is 314 g/mol. The summed E-state index contributed by atoms with van der Waals surface area (Å²) in [5.74, 6) is -0.0587. The molecule has 0 heterocycles. The Morgan fingerprint density at radius 2 is 1.74 bits per heavy atom. The van der Waals surface area contributed by atoms with Crippen LogP contribution in [0.3, 0.4) is 0 Å². The number of carbonyl (C=O) groups excluding carboxylic acids is 2. The Labute approximate surface area is 145 Å². The van der Waals surface area contributed by atoms with Crippen LogP contribution < -0.4 is 16.0 Å². The van der Waals surface area contributed by atoms with Crippen molar-refractivity contribution in [3.05, 3.63) is 29.8 Å². The molecule has 0 atom stereocenters. The first kappa shape index (κ1) is 21.4. The number of carbonyl (C=O) groups is 2. The Morgan fingerprint density at radius 1 is 1.09 bits per heavy atom. The van der Waals surface area contributed by atoms with E-state index in [1.165, 1.54) is 0 Å². The summed E-state index contributed by atoms with van der Waals surface area (Å²) in [7, 11) is 0. The largest absolute Gasteiger partial charge is 0.354 e. The lowest BCUT2D eigenvalue weighted by Gasteiger charge is -2.11. The Hall–Kier alpha value is -1.59. The fourth-order valence-corrected chi connectivity index (χ4v) is 2.07. The minimum Gasteiger partial charge on any atom is -0.354 e. The van der Waals surface area contributed by atoms with Crippen LogP contribution in [-0.2, 0) is 16.1 Å². The molecule has 23 heavy (non-hydrogen) atoms. The summed E-state index contributed by atoms with van der Waals surface area (Å²) in [5, 5.41) is 8.99. The number of para-hydroxylation sites is 1. The summed E-state index contributed by atoms with van der Waals surface area (Å²) in [6, 6.07) is 7.89. The van der Waals surface area contributed by atoms with E-state index in [1.807, 2.05) is 45.0 Å². The van der Waals surface area contributed by atoms with Gasteiger partial charge in [0.15, 0.2) is 0 Å². The average molecular weight is 342 g/mol. The van der Waals surface area contributed by atoms with Crippen LogP contribution in [0.4, 0.5) is 5.69 Å². The molecule has 0 saturated heterocycles. The first-order chi connectivity index (χ1) is 10.5. The Kier molecular flexibility index (Phi) is 11.1. The lowest BCUT2D eigenvalue weighted by Crippen LogP contribution is -2.30. The molecule has 0 radical (unpaired) electrons. The van der Waals surface area contributed by atoms with Gasteiger partial charge >= 0.3 is 0 Å². The lowest BCUT2D eigenvalue weighted by atomic mass is 10.1. The van der Waals surface area contributed by atoms with Crippen molar-refractivity contribution in [2.24, 2.45) is 0 Å². The molecule has 0 bridgehead atoms. The summed E-state index contributed by atoms with van der Waals surface area (Å²) >= 11 is 0. The molecule has 0 saturated carbocycles. The van der Waals surface area contributed by atoms with Crippen molar-refractivity contribution >= 4 is 29.9 Å². The summed E-state index contributed by atoms with van der Waals surface area (Å²) < 4.78 is 0. The van der Waals surface area contributed by atoms with E-state index in [4.69, 9.17) is 0 Å². The van der Waals surface area contributed by atoms with E-state index in [2.05, 4.69) is 16.0 Å². The fraction of sp³-hybridized carbons (Fsp3) is 0.529. The monoisotopic (exact) mass is 341 g/mol. The molecule has 0 spiro atoms. The van der Waals surface area contributed by atoms with E-state index >= 15 is 0 Å². The van der Waals surface area contributed by atoms with Crippen molar-refractivity contribution in [2.45, 2.75) is 52.6 Å². The molecule has 1 aromatic carbocycles. The molecule has 0 aliphatic heterocycles. The molecule has 1 aromatic rings. The first-order valence-corrected chi connectivity index (χ1v) is 7.90. The van der Waals surface area contributed by atoms with Gasteiger partial charge in [-0.05, 0) is 38.4 Å². The van der Waals surface area contributed by atoms with Gasteiger partial charge in [-0.2, -0.15) is 0 Å². The number of anilines is 1. The molecule has 0 unspecified atom stereocenters. The maximum atomic E-state index is 12.0. The molecule has 6 heteroatoms. The Morgan fingerprint density at radius 3 is 2.39 bits per heavy atom. The number of nitrogens with one attached hydrogen (secondary N) is 3. The van der Waals surface area contributed by atoms with E-state index in [0.717, 1.165) is 24.3 Å². The Balaban J connectivity index is 0.00000484. The van der Waals surface area contributed by atoms with Gasteiger partial charge in [0.1, 0.15) is 0 Å². The van der Waals surface area contributed by atoms with Gasteiger partial charge in [-0.25, -0.2) is 0 Å². The van der Waals surface area contributed by atoms with Crippen LogP contribution in [0.15, 0.2) is 24.3 Å². The molecule has 130 valence electrons. The fourth-order valence-electron chi connectivity index (χ4n) is 2.07. The molecule has 1 rings (SSSR count). The number of benzene rings is 1. The number of amides is 2. The smallest absolute Gasteiger partial charge is 0.224 e. The van der Waals surface area contributed by atoms with Gasteiger partial charge in [0.25, 0.3) is 0 Å². The second-order valence-electron chi connectivity index (χ2n) is 5.56. The molecule has 0 aliphatic rings. The maximum absolute atomic E-state index is 12.0. The van der Waals surface area contributed by atoms with Crippen molar-refractivity contribution in [1.82, 2.24) is 10.6 Å². The third-order valence-corrected chi connectivity index (χ3v) is 3.11. The zero-order valence-electron chi connectivity index (χ0n) is 14.1.